The van der Waals surface area contributed by atoms with E-state index in [1.165, 1.54) is 0 Å². The van der Waals surface area contributed by atoms with E-state index < -0.39 is 9.84 Å². The zero-order valence-electron chi connectivity index (χ0n) is 9.40. The topological polar surface area (TPSA) is 52.0 Å². The molecule has 4 nitrogen and oxygen atoms in total. The van der Waals surface area contributed by atoms with E-state index in [9.17, 15) is 8.42 Å². The van der Waals surface area contributed by atoms with E-state index in [0.717, 1.165) is 17.7 Å². The average Bonchev–Trinajstić information content (AvgIpc) is 2.68. The van der Waals surface area contributed by atoms with Crippen LogP contribution in [-0.4, -0.2) is 29.7 Å². The smallest absolute Gasteiger partial charge is 0.152 e. The molecule has 1 aromatic rings. The predicted octanol–water partition coefficient (Wildman–Crippen LogP) is 1.77. The Labute approximate surface area is 101 Å². The van der Waals surface area contributed by atoms with Gasteiger partial charge in [0.25, 0.3) is 0 Å². The maximum absolute atomic E-state index is 11.4. The van der Waals surface area contributed by atoms with Gasteiger partial charge in [0.2, 0.25) is 0 Å². The van der Waals surface area contributed by atoms with Crippen molar-refractivity contribution in [3.05, 3.63) is 16.4 Å². The fourth-order valence-electron chi connectivity index (χ4n) is 2.17. The van der Waals surface area contributed by atoms with E-state index in [-0.39, 0.29) is 17.5 Å². The van der Waals surface area contributed by atoms with E-state index in [0.29, 0.717) is 11.6 Å². The highest BCUT2D eigenvalue weighted by atomic mass is 35.5. The first-order chi connectivity index (χ1) is 7.44. The highest BCUT2D eigenvalue weighted by Gasteiger charge is 2.31. The molecule has 90 valence electrons. The molecular formula is C10H15ClN2O2S. The van der Waals surface area contributed by atoms with Gasteiger partial charge < -0.3 is 0 Å². The van der Waals surface area contributed by atoms with Crippen molar-refractivity contribution in [3.8, 4) is 0 Å². The third kappa shape index (κ3) is 1.98. The van der Waals surface area contributed by atoms with Gasteiger partial charge >= 0.3 is 0 Å². The normalized spacial score (nSPS) is 23.8. The number of aromatic nitrogens is 2. The monoisotopic (exact) mass is 262 g/mol. The van der Waals surface area contributed by atoms with Crippen LogP contribution in [0.3, 0.4) is 0 Å². The number of halogens is 1. The van der Waals surface area contributed by atoms with Crippen LogP contribution in [0, 0.1) is 6.92 Å². The lowest BCUT2D eigenvalue weighted by atomic mass is 10.2. The summed E-state index contributed by atoms with van der Waals surface area (Å²) in [5.41, 5.74) is 1.92. The molecule has 6 heteroatoms. The van der Waals surface area contributed by atoms with Crippen LogP contribution in [0.4, 0.5) is 0 Å². The van der Waals surface area contributed by atoms with Crippen molar-refractivity contribution in [2.75, 3.05) is 11.5 Å². The van der Waals surface area contributed by atoms with Gasteiger partial charge in [-0.25, -0.2) is 13.1 Å². The Morgan fingerprint density at radius 2 is 2.25 bits per heavy atom. The highest BCUT2D eigenvalue weighted by Crippen LogP contribution is 2.29. The summed E-state index contributed by atoms with van der Waals surface area (Å²) >= 11 is 6.21. The summed E-state index contributed by atoms with van der Waals surface area (Å²) in [5.74, 6) is 0.408. The van der Waals surface area contributed by atoms with Crippen molar-refractivity contribution in [2.45, 2.75) is 32.7 Å². The fourth-order valence-corrected chi connectivity index (χ4v) is 4.30. The molecule has 0 saturated carbocycles. The SMILES string of the molecule is CCc1c(C)nn(C2CCS(=O)(=O)C2)c1Cl. The average molecular weight is 263 g/mol. The van der Waals surface area contributed by atoms with Crippen molar-refractivity contribution in [1.29, 1.82) is 0 Å². The summed E-state index contributed by atoms with van der Waals surface area (Å²) in [6.07, 6.45) is 1.44. The van der Waals surface area contributed by atoms with E-state index >= 15 is 0 Å². The van der Waals surface area contributed by atoms with Gasteiger partial charge in [0.1, 0.15) is 5.15 Å². The van der Waals surface area contributed by atoms with E-state index in [4.69, 9.17) is 11.6 Å². The first kappa shape index (κ1) is 11.9. The standard InChI is InChI=1S/C10H15ClN2O2S/c1-3-9-7(2)12-13(10(9)11)8-4-5-16(14,15)6-8/h8H,3-6H2,1-2H3. The van der Waals surface area contributed by atoms with Crippen LogP contribution in [0.15, 0.2) is 0 Å². The number of rotatable bonds is 2. The minimum Gasteiger partial charge on any atom is -0.249 e. The van der Waals surface area contributed by atoms with Gasteiger partial charge in [-0.15, -0.1) is 0 Å². The zero-order valence-corrected chi connectivity index (χ0v) is 11.0. The molecule has 2 rings (SSSR count). The van der Waals surface area contributed by atoms with E-state index in [2.05, 4.69) is 5.10 Å². The highest BCUT2D eigenvalue weighted by molar-refractivity contribution is 7.91. The van der Waals surface area contributed by atoms with Gasteiger partial charge in [-0.05, 0) is 19.8 Å². The lowest BCUT2D eigenvalue weighted by Crippen LogP contribution is -2.12. The van der Waals surface area contributed by atoms with Crippen LogP contribution in [-0.2, 0) is 16.3 Å². The number of sulfone groups is 1. The number of nitrogens with zero attached hydrogens (tertiary/aromatic N) is 2. The largest absolute Gasteiger partial charge is 0.249 e. The Balaban J connectivity index is 2.36. The molecule has 1 atom stereocenters. The first-order valence-corrected chi connectivity index (χ1v) is 7.58. The number of hydrogen-bond donors (Lipinski definition) is 0. The molecule has 0 aromatic carbocycles. The quantitative estimate of drug-likeness (QED) is 0.816. The van der Waals surface area contributed by atoms with E-state index in [1.54, 1.807) is 4.68 Å². The summed E-state index contributed by atoms with van der Waals surface area (Å²) in [6.45, 7) is 3.93. The second-order valence-electron chi connectivity index (χ2n) is 4.21. The Morgan fingerprint density at radius 3 is 2.69 bits per heavy atom. The second kappa shape index (κ2) is 4.04. The van der Waals surface area contributed by atoms with Crippen molar-refractivity contribution >= 4 is 21.4 Å². The maximum Gasteiger partial charge on any atom is 0.152 e. The third-order valence-corrected chi connectivity index (χ3v) is 5.20. The van der Waals surface area contributed by atoms with E-state index in [1.807, 2.05) is 13.8 Å². The maximum atomic E-state index is 11.4. The van der Waals surface area contributed by atoms with Crippen LogP contribution < -0.4 is 0 Å². The van der Waals surface area contributed by atoms with Gasteiger partial charge in [0.15, 0.2) is 9.84 Å². The minimum atomic E-state index is -2.89. The summed E-state index contributed by atoms with van der Waals surface area (Å²) in [4.78, 5) is 0. The Morgan fingerprint density at radius 1 is 1.56 bits per heavy atom. The Bertz CT molecular complexity index is 507. The molecule has 0 radical (unpaired) electrons. The molecule has 2 heterocycles. The lowest BCUT2D eigenvalue weighted by Gasteiger charge is -2.09. The summed E-state index contributed by atoms with van der Waals surface area (Å²) in [6, 6.07) is -0.0866. The molecular weight excluding hydrogens is 248 g/mol. The molecule has 0 bridgehead atoms. The minimum absolute atomic E-state index is 0.0866. The van der Waals surface area contributed by atoms with Crippen LogP contribution in [0.5, 0.6) is 0 Å². The van der Waals surface area contributed by atoms with Crippen molar-refractivity contribution < 1.29 is 8.42 Å². The molecule has 1 unspecified atom stereocenters. The molecule has 0 spiro atoms. The van der Waals surface area contributed by atoms with Crippen molar-refractivity contribution in [1.82, 2.24) is 9.78 Å². The molecule has 1 aliphatic rings. The molecule has 0 aliphatic carbocycles. The Kier molecular flexibility index (Phi) is 3.01. The summed E-state index contributed by atoms with van der Waals surface area (Å²) in [5, 5.41) is 4.95. The predicted molar refractivity (Wildman–Crippen MR) is 63.7 cm³/mol. The van der Waals surface area contributed by atoms with Gasteiger partial charge in [0.05, 0.1) is 23.2 Å². The van der Waals surface area contributed by atoms with Gasteiger partial charge in [0, 0.05) is 5.56 Å². The van der Waals surface area contributed by atoms with Crippen LogP contribution in [0.25, 0.3) is 0 Å². The lowest BCUT2D eigenvalue weighted by molar-refractivity contribution is 0.497. The van der Waals surface area contributed by atoms with Crippen molar-refractivity contribution in [3.63, 3.8) is 0 Å². The summed E-state index contributed by atoms with van der Waals surface area (Å²) in [7, 11) is -2.89. The molecule has 1 saturated heterocycles. The number of aryl methyl sites for hydroxylation is 1. The summed E-state index contributed by atoms with van der Waals surface area (Å²) < 4.78 is 24.5. The van der Waals surface area contributed by atoms with Crippen LogP contribution >= 0.6 is 11.6 Å². The van der Waals surface area contributed by atoms with Gasteiger partial charge in [-0.1, -0.05) is 18.5 Å². The third-order valence-electron chi connectivity index (χ3n) is 3.05. The van der Waals surface area contributed by atoms with Crippen molar-refractivity contribution in [2.24, 2.45) is 0 Å². The van der Waals surface area contributed by atoms with Crippen LogP contribution in [0.2, 0.25) is 5.15 Å². The fraction of sp³-hybridized carbons (Fsp3) is 0.700. The molecule has 1 aliphatic heterocycles. The zero-order chi connectivity index (χ0) is 11.9. The Hall–Kier alpha value is -0.550. The second-order valence-corrected chi connectivity index (χ2v) is 6.80. The van der Waals surface area contributed by atoms with Gasteiger partial charge in [-0.2, -0.15) is 5.10 Å². The molecule has 0 N–H and O–H groups in total. The first-order valence-electron chi connectivity index (χ1n) is 5.38. The van der Waals surface area contributed by atoms with Gasteiger partial charge in [-0.3, -0.25) is 0 Å². The molecule has 0 amide bonds. The molecule has 1 aromatic heterocycles. The number of hydrogen-bond acceptors (Lipinski definition) is 3. The van der Waals surface area contributed by atoms with Crippen LogP contribution in [0.1, 0.15) is 30.6 Å². The molecule has 1 fully saturated rings. The molecule has 16 heavy (non-hydrogen) atoms.